The molecule has 33 heavy (non-hydrogen) atoms. The molecule has 0 aromatic heterocycles. The maximum atomic E-state index is 12.7. The quantitative estimate of drug-likeness (QED) is 0.209. The average Bonchev–Trinajstić information content (AvgIpc) is 3.07. The van der Waals surface area contributed by atoms with E-state index in [0.29, 0.717) is 36.8 Å². The van der Waals surface area contributed by atoms with Gasteiger partial charge in [0, 0.05) is 48.8 Å². The monoisotopic (exact) mass is 557 g/mol. The number of carbonyl (C=O) groups is 3. The molecule has 182 valence electrons. The van der Waals surface area contributed by atoms with E-state index >= 15 is 0 Å². The van der Waals surface area contributed by atoms with Gasteiger partial charge in [-0.25, -0.2) is 0 Å². The molecule has 2 atom stereocenters. The summed E-state index contributed by atoms with van der Waals surface area (Å²) < 4.78 is 12.2. The molecule has 0 bridgehead atoms. The highest BCUT2D eigenvalue weighted by molar-refractivity contribution is 9.10. The summed E-state index contributed by atoms with van der Waals surface area (Å²) in [6, 6.07) is 5.89. The molecule has 1 aromatic carbocycles. The standard InChI is InChI=1S/C24H32BrNO5S2/c1-6-30-23(32)33-21(31-22(29)24(3,4)5)12-10-18(28)9-7-16-14-26(15(2)27)20-11-8-17(25)13-19(16)20/h8,11,13,16,21H,6-7,9-10,12,14H2,1-5H3. The predicted molar refractivity (Wildman–Crippen MR) is 140 cm³/mol. The van der Waals surface area contributed by atoms with Crippen LogP contribution in [-0.2, 0) is 23.9 Å². The largest absolute Gasteiger partial charge is 0.479 e. The third-order valence-electron chi connectivity index (χ3n) is 5.27. The van der Waals surface area contributed by atoms with E-state index in [1.54, 1.807) is 32.6 Å². The molecule has 1 heterocycles. The van der Waals surface area contributed by atoms with E-state index in [4.69, 9.17) is 21.7 Å². The fraction of sp³-hybridized carbons (Fsp3) is 0.583. The van der Waals surface area contributed by atoms with Gasteiger partial charge in [0.25, 0.3) is 0 Å². The number of nitrogens with zero attached hydrogens (tertiary/aromatic N) is 1. The van der Waals surface area contributed by atoms with E-state index in [2.05, 4.69) is 15.9 Å². The van der Waals surface area contributed by atoms with Crippen molar-refractivity contribution < 1.29 is 23.9 Å². The summed E-state index contributed by atoms with van der Waals surface area (Å²) in [5, 5.41) is 0. The number of rotatable bonds is 9. The molecule has 0 radical (unpaired) electrons. The van der Waals surface area contributed by atoms with Crippen molar-refractivity contribution in [1.82, 2.24) is 0 Å². The van der Waals surface area contributed by atoms with E-state index in [1.165, 1.54) is 0 Å². The van der Waals surface area contributed by atoms with Crippen molar-refractivity contribution in [2.45, 2.75) is 71.7 Å². The highest BCUT2D eigenvalue weighted by Gasteiger charge is 2.32. The van der Waals surface area contributed by atoms with Gasteiger partial charge >= 0.3 is 5.97 Å². The summed E-state index contributed by atoms with van der Waals surface area (Å²) in [4.78, 5) is 38.8. The van der Waals surface area contributed by atoms with Crippen LogP contribution in [0.4, 0.5) is 5.69 Å². The number of amides is 1. The van der Waals surface area contributed by atoms with Gasteiger partial charge in [-0.1, -0.05) is 15.9 Å². The summed E-state index contributed by atoms with van der Waals surface area (Å²) in [6.07, 6.45) is 1.69. The highest BCUT2D eigenvalue weighted by Crippen LogP contribution is 2.40. The zero-order valence-electron chi connectivity index (χ0n) is 19.8. The van der Waals surface area contributed by atoms with Crippen LogP contribution in [0.2, 0.25) is 0 Å². The zero-order chi connectivity index (χ0) is 24.8. The molecule has 1 aliphatic heterocycles. The first-order chi connectivity index (χ1) is 15.4. The lowest BCUT2D eigenvalue weighted by Gasteiger charge is -2.23. The third-order valence-corrected chi connectivity index (χ3v) is 7.08. The third kappa shape index (κ3) is 8.37. The number of carbonyl (C=O) groups excluding carboxylic acids is 3. The lowest BCUT2D eigenvalue weighted by Crippen LogP contribution is -2.28. The van der Waals surface area contributed by atoms with Gasteiger partial charge in [-0.05, 0) is 81.9 Å². The number of halogens is 1. The van der Waals surface area contributed by atoms with Crippen LogP contribution in [0.15, 0.2) is 22.7 Å². The number of benzene rings is 1. The van der Waals surface area contributed by atoms with Gasteiger partial charge in [-0.3, -0.25) is 14.4 Å². The number of ether oxygens (including phenoxy) is 2. The molecule has 1 amide bonds. The minimum Gasteiger partial charge on any atom is -0.479 e. The molecule has 6 nitrogen and oxygen atoms in total. The first-order valence-electron chi connectivity index (χ1n) is 11.1. The summed E-state index contributed by atoms with van der Waals surface area (Å²) >= 11 is 9.85. The van der Waals surface area contributed by atoms with Crippen LogP contribution in [0.5, 0.6) is 0 Å². The van der Waals surface area contributed by atoms with Crippen molar-refractivity contribution in [3.8, 4) is 0 Å². The van der Waals surface area contributed by atoms with E-state index in [1.807, 2.05) is 25.1 Å². The smallest absolute Gasteiger partial charge is 0.312 e. The van der Waals surface area contributed by atoms with Gasteiger partial charge in [0.2, 0.25) is 10.3 Å². The molecular weight excluding hydrogens is 526 g/mol. The number of hydrogen-bond acceptors (Lipinski definition) is 7. The van der Waals surface area contributed by atoms with Gasteiger partial charge < -0.3 is 14.4 Å². The number of fused-ring (bicyclic) bond motifs is 1. The van der Waals surface area contributed by atoms with Crippen molar-refractivity contribution in [1.29, 1.82) is 0 Å². The fourth-order valence-electron chi connectivity index (χ4n) is 3.50. The molecule has 0 spiro atoms. The van der Waals surface area contributed by atoms with Crippen molar-refractivity contribution >= 4 is 67.6 Å². The van der Waals surface area contributed by atoms with E-state index in [-0.39, 0.29) is 30.0 Å². The van der Waals surface area contributed by atoms with Crippen LogP contribution in [0, 0.1) is 5.41 Å². The normalized spacial score (nSPS) is 16.2. The Bertz CT molecular complexity index is 899. The Labute approximate surface area is 214 Å². The van der Waals surface area contributed by atoms with Crippen LogP contribution in [0.1, 0.15) is 71.8 Å². The molecule has 2 unspecified atom stereocenters. The number of thiocarbonyl (C=S) groups is 1. The molecular formula is C24H32BrNO5S2. The van der Waals surface area contributed by atoms with Gasteiger partial charge in [0.05, 0.1) is 12.0 Å². The lowest BCUT2D eigenvalue weighted by atomic mass is 9.94. The maximum absolute atomic E-state index is 12.7. The molecule has 2 rings (SSSR count). The number of ketones is 1. The first kappa shape index (κ1) is 27.8. The van der Waals surface area contributed by atoms with Crippen LogP contribution in [-0.4, -0.2) is 40.6 Å². The highest BCUT2D eigenvalue weighted by atomic mass is 79.9. The summed E-state index contributed by atoms with van der Waals surface area (Å²) in [5.41, 5.74) is 0.777. The molecule has 0 saturated carbocycles. The Morgan fingerprint density at radius 2 is 1.97 bits per heavy atom. The number of esters is 1. The van der Waals surface area contributed by atoms with E-state index < -0.39 is 10.9 Å². The van der Waals surface area contributed by atoms with Gasteiger partial charge in [-0.2, -0.15) is 0 Å². The summed E-state index contributed by atoms with van der Waals surface area (Å²) in [7, 11) is 0. The van der Waals surface area contributed by atoms with Gasteiger partial charge in [-0.15, -0.1) is 0 Å². The number of anilines is 1. The van der Waals surface area contributed by atoms with Crippen molar-refractivity contribution in [2.75, 3.05) is 18.1 Å². The minimum absolute atomic E-state index is 0.00167. The van der Waals surface area contributed by atoms with Gasteiger partial charge in [0.15, 0.2) is 5.44 Å². The number of Topliss-reactive ketones (excluding diaryl/α,β-unsaturated/α-hetero) is 1. The van der Waals surface area contributed by atoms with Gasteiger partial charge in [0.1, 0.15) is 5.78 Å². The second-order valence-corrected chi connectivity index (χ2v) is 11.7. The van der Waals surface area contributed by atoms with Crippen LogP contribution in [0.3, 0.4) is 0 Å². The Morgan fingerprint density at radius 3 is 2.58 bits per heavy atom. The summed E-state index contributed by atoms with van der Waals surface area (Å²) in [5.74, 6) is -0.144. The molecule has 9 heteroatoms. The van der Waals surface area contributed by atoms with Crippen LogP contribution in [0.25, 0.3) is 0 Å². The summed E-state index contributed by atoms with van der Waals surface area (Å²) in [6.45, 7) is 9.75. The molecule has 0 aliphatic carbocycles. The zero-order valence-corrected chi connectivity index (χ0v) is 23.0. The maximum Gasteiger partial charge on any atom is 0.312 e. The SMILES string of the molecule is CCOC(=S)SC(CCC(=O)CCC1CN(C(C)=O)c2ccc(Br)cc21)OC(=O)C(C)(C)C. The molecule has 0 fully saturated rings. The Balaban J connectivity index is 1.95. The second-order valence-electron chi connectivity index (χ2n) is 9.03. The topological polar surface area (TPSA) is 72.9 Å². The Kier molecular flexibility index (Phi) is 10.4. The Morgan fingerprint density at radius 1 is 1.27 bits per heavy atom. The van der Waals surface area contributed by atoms with Crippen LogP contribution >= 0.6 is 39.9 Å². The fourth-order valence-corrected chi connectivity index (χ4v) is 5.09. The Hall–Kier alpha value is -1.45. The minimum atomic E-state index is -0.650. The molecule has 0 saturated heterocycles. The van der Waals surface area contributed by atoms with E-state index in [0.717, 1.165) is 27.5 Å². The lowest BCUT2D eigenvalue weighted by molar-refractivity contribution is -0.155. The average molecular weight is 559 g/mol. The second kappa shape index (κ2) is 12.3. The number of hydrogen-bond donors (Lipinski definition) is 0. The van der Waals surface area contributed by atoms with Crippen LogP contribution < -0.4 is 4.90 Å². The molecule has 1 aliphatic rings. The first-order valence-corrected chi connectivity index (χ1v) is 13.1. The predicted octanol–water partition coefficient (Wildman–Crippen LogP) is 6.00. The van der Waals surface area contributed by atoms with Crippen molar-refractivity contribution in [3.05, 3.63) is 28.2 Å². The van der Waals surface area contributed by atoms with E-state index in [9.17, 15) is 14.4 Å². The number of thioether (sulfide) groups is 1. The molecule has 1 aromatic rings. The molecule has 0 N–H and O–H groups in total. The van der Waals surface area contributed by atoms with Crippen molar-refractivity contribution in [3.63, 3.8) is 0 Å². The van der Waals surface area contributed by atoms with Crippen molar-refractivity contribution in [2.24, 2.45) is 5.41 Å².